The Balaban J connectivity index is 2.34. The number of Topliss-reactive ketones (excluding diaryl/α,β-unsaturated/α-hetero) is 1. The lowest BCUT2D eigenvalue weighted by molar-refractivity contribution is -0.384. The largest absolute Gasteiger partial charge is 0.354 e. The summed E-state index contributed by atoms with van der Waals surface area (Å²) in [6.07, 6.45) is 5.31. The van der Waals surface area contributed by atoms with Gasteiger partial charge in [0, 0.05) is 36.5 Å². The third-order valence-corrected chi connectivity index (χ3v) is 5.08. The second-order valence-corrected chi connectivity index (χ2v) is 7.18. The fourth-order valence-electron chi connectivity index (χ4n) is 3.24. The minimum absolute atomic E-state index is 0.00173. The number of nitrogens with zero attached hydrogens (tertiary/aromatic N) is 2. The first-order chi connectivity index (χ1) is 14.4. The van der Waals surface area contributed by atoms with Crippen LogP contribution in [0.25, 0.3) is 0 Å². The van der Waals surface area contributed by atoms with Crippen LogP contribution in [-0.4, -0.2) is 27.7 Å². The van der Waals surface area contributed by atoms with Crippen LogP contribution in [0.15, 0.2) is 53.5 Å². The number of carbonyl (C=O) groups is 2. The number of hydrogen-bond acceptors (Lipinski definition) is 5. The highest BCUT2D eigenvalue weighted by molar-refractivity contribution is 6.12. The second-order valence-electron chi connectivity index (χ2n) is 7.18. The smallest absolute Gasteiger partial charge is 0.270 e. The van der Waals surface area contributed by atoms with Crippen molar-refractivity contribution in [2.24, 2.45) is 5.92 Å². The van der Waals surface area contributed by atoms with Crippen LogP contribution in [0.3, 0.4) is 0 Å². The van der Waals surface area contributed by atoms with E-state index >= 15 is 0 Å². The minimum atomic E-state index is -1.44. The van der Waals surface area contributed by atoms with Gasteiger partial charge >= 0.3 is 0 Å². The summed E-state index contributed by atoms with van der Waals surface area (Å²) in [5.74, 6) is -1.00. The number of nitro groups is 1. The van der Waals surface area contributed by atoms with Crippen molar-refractivity contribution in [3.8, 4) is 0 Å². The molecule has 0 bridgehead atoms. The van der Waals surface area contributed by atoms with E-state index in [0.29, 0.717) is 6.54 Å². The van der Waals surface area contributed by atoms with Crippen molar-refractivity contribution < 1.29 is 14.5 Å². The van der Waals surface area contributed by atoms with E-state index in [0.717, 1.165) is 36.3 Å². The van der Waals surface area contributed by atoms with E-state index in [1.54, 1.807) is 6.07 Å². The van der Waals surface area contributed by atoms with Crippen molar-refractivity contribution in [2.75, 3.05) is 6.54 Å². The summed E-state index contributed by atoms with van der Waals surface area (Å²) in [5.41, 5.74) is -0.765. The van der Waals surface area contributed by atoms with Gasteiger partial charge in [0.1, 0.15) is 0 Å². The van der Waals surface area contributed by atoms with Gasteiger partial charge in [-0.05, 0) is 18.4 Å². The predicted molar refractivity (Wildman–Crippen MR) is 113 cm³/mol. The van der Waals surface area contributed by atoms with Gasteiger partial charge in [0.2, 0.25) is 0 Å². The standard InChI is InChI=1S/C22H27N3O5/c1-3-5-9-16(4-2)15-23-22(28)20(24-13-7-6-12-19(24)26)21(27)17-10-8-11-18(14-17)25(29)30/h6-8,10-14,16,20H,3-5,9,15H2,1-2H3,(H,23,28)/t16-,20-/m1/s1. The Hall–Kier alpha value is -3.29. The van der Waals surface area contributed by atoms with Crippen LogP contribution in [0.5, 0.6) is 0 Å². The summed E-state index contributed by atoms with van der Waals surface area (Å²) < 4.78 is 1.06. The molecule has 1 N–H and O–H groups in total. The van der Waals surface area contributed by atoms with Crippen LogP contribution in [0, 0.1) is 16.0 Å². The van der Waals surface area contributed by atoms with Crippen LogP contribution in [0.1, 0.15) is 55.9 Å². The van der Waals surface area contributed by atoms with Crippen molar-refractivity contribution in [1.29, 1.82) is 0 Å². The second kappa shape index (κ2) is 11.0. The molecule has 30 heavy (non-hydrogen) atoms. The van der Waals surface area contributed by atoms with Gasteiger partial charge in [0.15, 0.2) is 11.8 Å². The topological polar surface area (TPSA) is 111 Å². The number of benzene rings is 1. The summed E-state index contributed by atoms with van der Waals surface area (Å²) in [4.78, 5) is 48.9. The van der Waals surface area contributed by atoms with E-state index in [4.69, 9.17) is 0 Å². The Morgan fingerprint density at radius 2 is 1.93 bits per heavy atom. The quantitative estimate of drug-likeness (QED) is 0.262. The average molecular weight is 413 g/mol. The molecule has 0 spiro atoms. The number of nitrogens with one attached hydrogen (secondary N) is 1. The maximum absolute atomic E-state index is 13.2. The molecule has 1 aromatic heterocycles. The molecule has 2 rings (SSSR count). The van der Waals surface area contributed by atoms with Gasteiger partial charge in [-0.1, -0.05) is 51.3 Å². The van der Waals surface area contributed by atoms with Gasteiger partial charge in [0.05, 0.1) is 4.92 Å². The van der Waals surface area contributed by atoms with Gasteiger partial charge in [-0.15, -0.1) is 0 Å². The Labute approximate surface area is 175 Å². The zero-order valence-electron chi connectivity index (χ0n) is 17.2. The number of amides is 1. The molecule has 1 aromatic carbocycles. The SMILES string of the molecule is CCCC[C@@H](CC)CNC(=O)[C@@H](C(=O)c1cccc([N+](=O)[O-])c1)n1ccccc1=O. The van der Waals surface area contributed by atoms with Crippen molar-refractivity contribution in [3.63, 3.8) is 0 Å². The van der Waals surface area contributed by atoms with Gasteiger partial charge in [0.25, 0.3) is 17.2 Å². The fourth-order valence-corrected chi connectivity index (χ4v) is 3.24. The van der Waals surface area contributed by atoms with E-state index in [2.05, 4.69) is 12.2 Å². The Morgan fingerprint density at radius 1 is 1.17 bits per heavy atom. The van der Waals surface area contributed by atoms with Gasteiger partial charge in [-0.3, -0.25) is 29.1 Å². The first kappa shape index (κ1) is 23.0. The average Bonchev–Trinajstić information content (AvgIpc) is 2.75. The normalized spacial score (nSPS) is 12.7. The fraction of sp³-hybridized carbons (Fsp3) is 0.409. The van der Waals surface area contributed by atoms with Gasteiger partial charge < -0.3 is 5.32 Å². The summed E-state index contributed by atoms with van der Waals surface area (Å²) in [7, 11) is 0. The van der Waals surface area contributed by atoms with Crippen molar-refractivity contribution >= 4 is 17.4 Å². The molecule has 0 aliphatic heterocycles. The molecule has 8 nitrogen and oxygen atoms in total. The highest BCUT2D eigenvalue weighted by atomic mass is 16.6. The van der Waals surface area contributed by atoms with Crippen LogP contribution < -0.4 is 10.9 Å². The maximum Gasteiger partial charge on any atom is 0.270 e. The van der Waals surface area contributed by atoms with E-state index in [9.17, 15) is 24.5 Å². The molecule has 1 amide bonds. The molecule has 0 unspecified atom stereocenters. The van der Waals surface area contributed by atoms with Crippen LogP contribution in [0.4, 0.5) is 5.69 Å². The molecule has 0 radical (unpaired) electrons. The first-order valence-electron chi connectivity index (χ1n) is 10.1. The van der Waals surface area contributed by atoms with Crippen molar-refractivity contribution in [1.82, 2.24) is 9.88 Å². The number of non-ortho nitro benzene ring substituents is 1. The van der Waals surface area contributed by atoms with Crippen LogP contribution in [0.2, 0.25) is 0 Å². The first-order valence-corrected chi connectivity index (χ1v) is 10.1. The highest BCUT2D eigenvalue weighted by Gasteiger charge is 2.31. The molecule has 0 saturated heterocycles. The number of pyridine rings is 1. The molecule has 0 aliphatic rings. The molecule has 8 heteroatoms. The van der Waals surface area contributed by atoms with Crippen LogP contribution >= 0.6 is 0 Å². The van der Waals surface area contributed by atoms with Gasteiger partial charge in [-0.25, -0.2) is 0 Å². The van der Waals surface area contributed by atoms with E-state index in [-0.39, 0.29) is 17.2 Å². The third kappa shape index (κ3) is 5.85. The summed E-state index contributed by atoms with van der Waals surface area (Å²) in [5, 5.41) is 13.9. The zero-order valence-corrected chi connectivity index (χ0v) is 17.2. The number of rotatable bonds is 11. The third-order valence-electron chi connectivity index (χ3n) is 5.08. The number of hydrogen-bond donors (Lipinski definition) is 1. The molecule has 2 atom stereocenters. The number of carbonyl (C=O) groups excluding carboxylic acids is 2. The molecule has 0 aliphatic carbocycles. The number of nitro benzene ring substituents is 1. The molecule has 1 heterocycles. The Bertz CT molecular complexity index is 954. The van der Waals surface area contributed by atoms with Gasteiger partial charge in [-0.2, -0.15) is 0 Å². The zero-order chi connectivity index (χ0) is 22.1. The molecular weight excluding hydrogens is 386 g/mol. The lowest BCUT2D eigenvalue weighted by Crippen LogP contribution is -2.42. The van der Waals surface area contributed by atoms with Crippen LogP contribution in [-0.2, 0) is 4.79 Å². The molecular formula is C22H27N3O5. The molecule has 2 aromatic rings. The van der Waals surface area contributed by atoms with Crippen molar-refractivity contribution in [3.05, 3.63) is 74.7 Å². The van der Waals surface area contributed by atoms with E-state index in [1.807, 2.05) is 6.92 Å². The monoisotopic (exact) mass is 413 g/mol. The van der Waals surface area contributed by atoms with E-state index in [1.165, 1.54) is 36.5 Å². The number of unbranched alkanes of at least 4 members (excludes halogenated alkanes) is 1. The lowest BCUT2D eigenvalue weighted by atomic mass is 9.98. The van der Waals surface area contributed by atoms with E-state index < -0.39 is 28.2 Å². The lowest BCUT2D eigenvalue weighted by Gasteiger charge is -2.21. The molecule has 0 fully saturated rings. The minimum Gasteiger partial charge on any atom is -0.354 e. The summed E-state index contributed by atoms with van der Waals surface area (Å²) >= 11 is 0. The molecule has 160 valence electrons. The molecule has 0 saturated carbocycles. The number of ketones is 1. The number of aromatic nitrogens is 1. The van der Waals surface area contributed by atoms with Crippen molar-refractivity contribution in [2.45, 2.75) is 45.6 Å². The Kier molecular flexibility index (Phi) is 8.46. The summed E-state index contributed by atoms with van der Waals surface area (Å²) in [6, 6.07) is 8.06. The Morgan fingerprint density at radius 3 is 2.57 bits per heavy atom. The predicted octanol–water partition coefficient (Wildman–Crippen LogP) is 3.51. The summed E-state index contributed by atoms with van der Waals surface area (Å²) in [6.45, 7) is 4.54. The maximum atomic E-state index is 13.2. The highest BCUT2D eigenvalue weighted by Crippen LogP contribution is 2.19.